The zero-order valence-corrected chi connectivity index (χ0v) is 27.4. The lowest BCUT2D eigenvalue weighted by Gasteiger charge is -2.33. The average Bonchev–Trinajstić information content (AvgIpc) is 3.46. The summed E-state index contributed by atoms with van der Waals surface area (Å²) >= 11 is 0. The number of likely N-dealkylation sites (tertiary alicyclic amines) is 1. The van der Waals surface area contributed by atoms with E-state index in [0.717, 1.165) is 11.3 Å². The first-order valence-electron chi connectivity index (χ1n) is 15.3. The molecule has 2 aromatic heterocycles. The van der Waals surface area contributed by atoms with Gasteiger partial charge in [-0.1, -0.05) is 0 Å². The first kappa shape index (κ1) is 32.4. The van der Waals surface area contributed by atoms with Crippen LogP contribution in [0.2, 0.25) is 0 Å². The molecule has 0 spiro atoms. The highest BCUT2D eigenvalue weighted by atomic mass is 16.6. The summed E-state index contributed by atoms with van der Waals surface area (Å²) in [6.07, 6.45) is 2.61. The molecule has 0 bridgehead atoms. The number of benzene rings is 2. The molecule has 1 N–H and O–H groups in total. The van der Waals surface area contributed by atoms with E-state index < -0.39 is 5.60 Å². The first-order valence-corrected chi connectivity index (χ1v) is 15.3. The molecule has 1 saturated heterocycles. The fraction of sp³-hybridized carbons (Fsp3) is 0.412. The van der Waals surface area contributed by atoms with Gasteiger partial charge >= 0.3 is 6.09 Å². The number of carbonyl (C=O) groups excluding carboxylic acids is 2. The van der Waals surface area contributed by atoms with E-state index in [0.29, 0.717) is 78.1 Å². The molecule has 3 heterocycles. The van der Waals surface area contributed by atoms with Crippen molar-refractivity contribution in [2.24, 2.45) is 0 Å². The number of piperidine rings is 1. The summed E-state index contributed by atoms with van der Waals surface area (Å²) in [4.78, 5) is 33.4. The van der Waals surface area contributed by atoms with Crippen molar-refractivity contribution in [3.8, 4) is 34.3 Å². The quantitative estimate of drug-likeness (QED) is 0.230. The van der Waals surface area contributed by atoms with Gasteiger partial charge in [0.1, 0.15) is 11.4 Å². The van der Waals surface area contributed by atoms with Crippen LogP contribution in [-0.4, -0.2) is 78.1 Å². The number of hydrogen-bond donors (Lipinski definition) is 1. The van der Waals surface area contributed by atoms with Crippen LogP contribution in [0.1, 0.15) is 62.5 Å². The van der Waals surface area contributed by atoms with E-state index in [-0.39, 0.29) is 17.9 Å². The second-order valence-corrected chi connectivity index (χ2v) is 11.9. The monoisotopic (exact) mass is 631 g/mol. The Labute approximate surface area is 268 Å². The number of rotatable bonds is 9. The van der Waals surface area contributed by atoms with Gasteiger partial charge < -0.3 is 33.9 Å². The lowest BCUT2D eigenvalue weighted by Crippen LogP contribution is -2.41. The molecule has 244 valence electrons. The lowest BCUT2D eigenvalue weighted by molar-refractivity contribution is 0.0203. The summed E-state index contributed by atoms with van der Waals surface area (Å²) in [6, 6.07) is 12.9. The molecule has 1 fully saturated rings. The second kappa shape index (κ2) is 13.6. The molecule has 4 aromatic rings. The molecule has 0 unspecified atom stereocenters. The van der Waals surface area contributed by atoms with Gasteiger partial charge in [0.2, 0.25) is 5.75 Å². The molecular weight excluding hydrogens is 590 g/mol. The molecule has 5 rings (SSSR count). The summed E-state index contributed by atoms with van der Waals surface area (Å²) in [5, 5.41) is 7.73. The van der Waals surface area contributed by atoms with Crippen molar-refractivity contribution in [2.75, 3.05) is 46.3 Å². The number of methoxy groups -OCH3 is 3. The van der Waals surface area contributed by atoms with Gasteiger partial charge in [0.25, 0.3) is 5.91 Å². The minimum Gasteiger partial charge on any atom is -0.494 e. The third-order valence-electron chi connectivity index (χ3n) is 7.64. The fourth-order valence-electron chi connectivity index (χ4n) is 5.46. The molecule has 46 heavy (non-hydrogen) atoms. The van der Waals surface area contributed by atoms with Crippen LogP contribution >= 0.6 is 0 Å². The molecule has 0 saturated carbocycles. The number of fused-ring (bicyclic) bond motifs is 1. The van der Waals surface area contributed by atoms with Crippen molar-refractivity contribution in [2.45, 2.75) is 52.1 Å². The van der Waals surface area contributed by atoms with Crippen LogP contribution in [-0.2, 0) is 4.74 Å². The molecule has 12 heteroatoms. The minimum atomic E-state index is -0.582. The number of nitrogens with zero attached hydrogens (tertiary/aromatic N) is 4. The Morgan fingerprint density at radius 2 is 1.61 bits per heavy atom. The van der Waals surface area contributed by atoms with Gasteiger partial charge in [0.05, 0.1) is 44.9 Å². The number of nitrogens with one attached hydrogen (secondary N) is 1. The van der Waals surface area contributed by atoms with Crippen LogP contribution in [0.5, 0.6) is 23.0 Å². The molecule has 0 radical (unpaired) electrons. The van der Waals surface area contributed by atoms with Gasteiger partial charge in [0.15, 0.2) is 17.1 Å². The van der Waals surface area contributed by atoms with Gasteiger partial charge in [0, 0.05) is 54.7 Å². The van der Waals surface area contributed by atoms with E-state index in [2.05, 4.69) is 5.32 Å². The standard InChI is InChI=1S/C34H41N5O7/c1-8-45-24-11-9-21(10-12-24)26-19-29-36-30(22-13-15-38(16-14-22)33(41)46-34(2,3)4)25(20-39(29)37-26)32(40)35-23-17-27(42-5)31(44-7)28(18-23)43-6/h9-12,17-20,22H,8,13-16H2,1-7H3,(H,35,40). The van der Waals surface area contributed by atoms with Gasteiger partial charge in [-0.05, 0) is 64.8 Å². The zero-order chi connectivity index (χ0) is 33.0. The highest BCUT2D eigenvalue weighted by molar-refractivity contribution is 6.05. The Hall–Kier alpha value is -5.00. The van der Waals surface area contributed by atoms with E-state index in [1.54, 1.807) is 27.7 Å². The Bertz CT molecular complexity index is 1680. The number of carbonyl (C=O) groups is 2. The topological polar surface area (TPSA) is 126 Å². The predicted octanol–water partition coefficient (Wildman–Crippen LogP) is 6.19. The smallest absolute Gasteiger partial charge is 0.410 e. The number of hydrogen-bond acceptors (Lipinski definition) is 9. The van der Waals surface area contributed by atoms with E-state index in [1.165, 1.54) is 21.3 Å². The zero-order valence-electron chi connectivity index (χ0n) is 27.4. The van der Waals surface area contributed by atoms with E-state index in [9.17, 15) is 9.59 Å². The van der Waals surface area contributed by atoms with Gasteiger partial charge in [-0.25, -0.2) is 14.3 Å². The summed E-state index contributed by atoms with van der Waals surface area (Å²) in [6.45, 7) is 9.04. The van der Waals surface area contributed by atoms with Crippen LogP contribution < -0.4 is 24.3 Å². The maximum absolute atomic E-state index is 14.0. The summed E-state index contributed by atoms with van der Waals surface area (Å²) in [5.41, 5.74) is 3.10. The number of aromatic nitrogens is 3. The predicted molar refractivity (Wildman–Crippen MR) is 173 cm³/mol. The van der Waals surface area contributed by atoms with Crippen LogP contribution in [0.4, 0.5) is 10.5 Å². The third-order valence-corrected chi connectivity index (χ3v) is 7.64. The van der Waals surface area contributed by atoms with Gasteiger partial charge in [-0.3, -0.25) is 4.79 Å². The van der Waals surface area contributed by atoms with E-state index in [4.69, 9.17) is 33.8 Å². The second-order valence-electron chi connectivity index (χ2n) is 11.9. The van der Waals surface area contributed by atoms with E-state index in [1.807, 2.05) is 58.0 Å². The van der Waals surface area contributed by atoms with Crippen molar-refractivity contribution in [3.05, 3.63) is 59.9 Å². The molecule has 0 atom stereocenters. The SMILES string of the molecule is CCOc1ccc(-c2cc3nc(C4CCN(C(=O)OC(C)(C)C)CC4)c(C(=O)Nc4cc(OC)c(OC)c(OC)c4)cn3n2)cc1. The summed E-state index contributed by atoms with van der Waals surface area (Å²) < 4.78 is 29.2. The summed E-state index contributed by atoms with van der Waals surface area (Å²) in [5.74, 6) is 1.57. The molecule has 12 nitrogen and oxygen atoms in total. The highest BCUT2D eigenvalue weighted by Gasteiger charge is 2.31. The summed E-state index contributed by atoms with van der Waals surface area (Å²) in [7, 11) is 4.55. The maximum atomic E-state index is 14.0. The molecule has 0 aliphatic carbocycles. The normalized spacial score (nSPS) is 13.8. The minimum absolute atomic E-state index is 0.0757. The number of anilines is 1. The number of ether oxygens (including phenoxy) is 5. The van der Waals surface area contributed by atoms with Crippen molar-refractivity contribution < 1.29 is 33.3 Å². The van der Waals surface area contributed by atoms with Crippen molar-refractivity contribution in [1.82, 2.24) is 19.5 Å². The van der Waals surface area contributed by atoms with Crippen molar-refractivity contribution >= 4 is 23.3 Å². The van der Waals surface area contributed by atoms with Gasteiger partial charge in [-0.2, -0.15) is 5.10 Å². The molecule has 1 aliphatic heterocycles. The fourth-order valence-corrected chi connectivity index (χ4v) is 5.46. The molecular formula is C34H41N5O7. The molecule has 1 aliphatic rings. The van der Waals surface area contributed by atoms with Crippen LogP contribution in [0, 0.1) is 0 Å². The average molecular weight is 632 g/mol. The third kappa shape index (κ3) is 7.11. The van der Waals surface area contributed by atoms with Crippen molar-refractivity contribution in [1.29, 1.82) is 0 Å². The lowest BCUT2D eigenvalue weighted by atomic mass is 9.90. The molecule has 2 aromatic carbocycles. The van der Waals surface area contributed by atoms with Crippen LogP contribution in [0.25, 0.3) is 16.9 Å². The Morgan fingerprint density at radius 3 is 2.17 bits per heavy atom. The Kier molecular flexibility index (Phi) is 9.54. The molecule has 2 amide bonds. The van der Waals surface area contributed by atoms with E-state index >= 15 is 0 Å². The number of amides is 2. The van der Waals surface area contributed by atoms with Crippen LogP contribution in [0.15, 0.2) is 48.7 Å². The Morgan fingerprint density at radius 1 is 0.957 bits per heavy atom. The first-order chi connectivity index (χ1) is 22.0. The van der Waals surface area contributed by atoms with Gasteiger partial charge in [-0.15, -0.1) is 0 Å². The van der Waals surface area contributed by atoms with Crippen molar-refractivity contribution in [3.63, 3.8) is 0 Å². The Balaban J connectivity index is 1.49. The largest absolute Gasteiger partial charge is 0.494 e. The van der Waals surface area contributed by atoms with Crippen LogP contribution in [0.3, 0.4) is 0 Å². The highest BCUT2D eigenvalue weighted by Crippen LogP contribution is 2.40. The maximum Gasteiger partial charge on any atom is 0.410 e.